The van der Waals surface area contributed by atoms with Crippen LogP contribution in [0.2, 0.25) is 0 Å². The van der Waals surface area contributed by atoms with E-state index in [-0.39, 0.29) is 5.78 Å². The molecule has 0 aromatic heterocycles. The van der Waals surface area contributed by atoms with Crippen molar-refractivity contribution >= 4 is 17.7 Å². The van der Waals surface area contributed by atoms with Crippen molar-refractivity contribution in [1.29, 1.82) is 0 Å². The molecule has 1 aromatic carbocycles. The van der Waals surface area contributed by atoms with Gasteiger partial charge in [0.1, 0.15) is 0 Å². The number of ketones is 1. The number of para-hydroxylation sites is 1. The summed E-state index contributed by atoms with van der Waals surface area (Å²) in [5.74, 6) is 0.588. The molecule has 2 nitrogen and oxygen atoms in total. The van der Waals surface area contributed by atoms with E-state index in [9.17, 15) is 4.79 Å². The highest BCUT2D eigenvalue weighted by molar-refractivity contribution is 6.10. The number of Topliss-reactive ketones (excluding diaryl/α,β-unsaturated/α-hetero) is 1. The molecule has 0 unspecified atom stereocenters. The Morgan fingerprint density at radius 1 is 1.36 bits per heavy atom. The quantitative estimate of drug-likeness (QED) is 0.664. The molecule has 0 spiro atoms. The maximum absolute atomic E-state index is 11.6. The molecule has 72 valence electrons. The Labute approximate surface area is 83.7 Å². The van der Waals surface area contributed by atoms with Crippen LogP contribution in [0.1, 0.15) is 42.1 Å². The van der Waals surface area contributed by atoms with Crippen molar-refractivity contribution in [3.63, 3.8) is 0 Å². The summed E-state index contributed by atoms with van der Waals surface area (Å²) >= 11 is 0. The lowest BCUT2D eigenvalue weighted by Crippen LogP contribution is -2.06. The second-order valence-electron chi connectivity index (χ2n) is 3.84. The van der Waals surface area contributed by atoms with Gasteiger partial charge in [0.15, 0.2) is 5.78 Å². The van der Waals surface area contributed by atoms with Gasteiger partial charge in [-0.3, -0.25) is 9.79 Å². The van der Waals surface area contributed by atoms with E-state index in [1.807, 2.05) is 18.2 Å². The molecule has 0 radical (unpaired) electrons. The molecule has 0 saturated heterocycles. The second kappa shape index (κ2) is 3.37. The number of carbonyl (C=O) groups is 1. The minimum absolute atomic E-state index is 0.178. The first-order valence-electron chi connectivity index (χ1n) is 4.89. The number of benzene rings is 1. The Morgan fingerprint density at radius 3 is 2.86 bits per heavy atom. The summed E-state index contributed by atoms with van der Waals surface area (Å²) in [6.07, 6.45) is 2.14. The molecular formula is C12H13NO. The summed E-state index contributed by atoms with van der Waals surface area (Å²) in [6.45, 7) is 4.23. The van der Waals surface area contributed by atoms with E-state index in [2.05, 4.69) is 18.8 Å². The molecule has 2 rings (SSSR count). The zero-order valence-corrected chi connectivity index (χ0v) is 8.45. The van der Waals surface area contributed by atoms with Crippen LogP contribution in [-0.2, 0) is 0 Å². The third kappa shape index (κ3) is 1.37. The van der Waals surface area contributed by atoms with Crippen molar-refractivity contribution in [2.75, 3.05) is 0 Å². The van der Waals surface area contributed by atoms with Crippen LogP contribution in [0.5, 0.6) is 0 Å². The first kappa shape index (κ1) is 9.13. The second-order valence-corrected chi connectivity index (χ2v) is 3.84. The molecule has 0 amide bonds. The zero-order chi connectivity index (χ0) is 10.1. The van der Waals surface area contributed by atoms with E-state index in [1.165, 1.54) is 0 Å². The number of rotatable bonds is 1. The molecule has 0 N–H and O–H groups in total. The maximum Gasteiger partial charge on any atom is 0.170 e. The predicted molar refractivity (Wildman–Crippen MR) is 57.6 cm³/mol. The SMILES string of the molecule is CC(C)c1cccc2c1N=CCC2=O. The van der Waals surface area contributed by atoms with E-state index in [1.54, 1.807) is 6.21 Å². The average Bonchev–Trinajstić information content (AvgIpc) is 2.17. The topological polar surface area (TPSA) is 29.4 Å². The highest BCUT2D eigenvalue weighted by atomic mass is 16.1. The first-order valence-corrected chi connectivity index (χ1v) is 4.89. The van der Waals surface area contributed by atoms with E-state index < -0.39 is 0 Å². The van der Waals surface area contributed by atoms with E-state index in [0.29, 0.717) is 12.3 Å². The molecule has 1 heterocycles. The van der Waals surface area contributed by atoms with Crippen molar-refractivity contribution in [3.05, 3.63) is 29.3 Å². The largest absolute Gasteiger partial charge is 0.294 e. The molecule has 14 heavy (non-hydrogen) atoms. The maximum atomic E-state index is 11.6. The fourth-order valence-electron chi connectivity index (χ4n) is 1.73. The monoisotopic (exact) mass is 187 g/mol. The van der Waals surface area contributed by atoms with Crippen LogP contribution in [0.3, 0.4) is 0 Å². The van der Waals surface area contributed by atoms with Crippen LogP contribution >= 0.6 is 0 Å². The smallest absolute Gasteiger partial charge is 0.170 e. The Morgan fingerprint density at radius 2 is 2.14 bits per heavy atom. The molecule has 0 bridgehead atoms. The lowest BCUT2D eigenvalue weighted by molar-refractivity contribution is 0.100. The number of hydrogen-bond donors (Lipinski definition) is 0. The summed E-state index contributed by atoms with van der Waals surface area (Å²) in [4.78, 5) is 15.9. The molecule has 2 heteroatoms. The van der Waals surface area contributed by atoms with E-state index >= 15 is 0 Å². The number of nitrogens with zero attached hydrogens (tertiary/aromatic N) is 1. The van der Waals surface area contributed by atoms with Gasteiger partial charge in [-0.1, -0.05) is 26.0 Å². The number of aliphatic imine (C=N–C) groups is 1. The van der Waals surface area contributed by atoms with Crippen molar-refractivity contribution in [3.8, 4) is 0 Å². The molecule has 0 saturated carbocycles. The van der Waals surface area contributed by atoms with Crippen LogP contribution in [0.25, 0.3) is 0 Å². The lowest BCUT2D eigenvalue weighted by Gasteiger charge is -2.15. The predicted octanol–water partition coefficient (Wildman–Crippen LogP) is 3.10. The Bertz CT molecular complexity index is 405. The van der Waals surface area contributed by atoms with Gasteiger partial charge in [0.2, 0.25) is 0 Å². The molecule has 0 aliphatic carbocycles. The molecule has 0 fully saturated rings. The third-order valence-corrected chi connectivity index (χ3v) is 2.49. The zero-order valence-electron chi connectivity index (χ0n) is 8.45. The fraction of sp³-hybridized carbons (Fsp3) is 0.333. The standard InChI is InChI=1S/C12H13NO/c1-8(2)9-4-3-5-10-11(14)6-7-13-12(9)10/h3-5,7-8H,6H2,1-2H3. The summed E-state index contributed by atoms with van der Waals surface area (Å²) in [6, 6.07) is 5.84. The van der Waals surface area contributed by atoms with Gasteiger partial charge in [0.25, 0.3) is 0 Å². The number of fused-ring (bicyclic) bond motifs is 1. The fourth-order valence-corrected chi connectivity index (χ4v) is 1.73. The number of hydrogen-bond acceptors (Lipinski definition) is 2. The van der Waals surface area contributed by atoms with Crippen molar-refractivity contribution in [1.82, 2.24) is 0 Å². The van der Waals surface area contributed by atoms with Crippen molar-refractivity contribution < 1.29 is 4.79 Å². The highest BCUT2D eigenvalue weighted by Crippen LogP contribution is 2.32. The van der Waals surface area contributed by atoms with Gasteiger partial charge < -0.3 is 0 Å². The Hall–Kier alpha value is -1.44. The first-order chi connectivity index (χ1) is 6.70. The van der Waals surface area contributed by atoms with Gasteiger partial charge in [-0.25, -0.2) is 0 Å². The highest BCUT2D eigenvalue weighted by Gasteiger charge is 2.17. The minimum atomic E-state index is 0.178. The van der Waals surface area contributed by atoms with Gasteiger partial charge in [0.05, 0.1) is 5.69 Å². The lowest BCUT2D eigenvalue weighted by atomic mass is 9.94. The molecule has 1 aliphatic heterocycles. The molecule has 1 aromatic rings. The normalized spacial score (nSPS) is 14.6. The van der Waals surface area contributed by atoms with Crippen molar-refractivity contribution in [2.24, 2.45) is 4.99 Å². The molecule has 0 atom stereocenters. The van der Waals surface area contributed by atoms with E-state index in [0.717, 1.165) is 16.8 Å². The summed E-state index contributed by atoms with van der Waals surface area (Å²) in [5.41, 5.74) is 2.81. The third-order valence-electron chi connectivity index (χ3n) is 2.49. The van der Waals surface area contributed by atoms with Gasteiger partial charge in [-0.2, -0.15) is 0 Å². The van der Waals surface area contributed by atoms with E-state index in [4.69, 9.17) is 0 Å². The summed E-state index contributed by atoms with van der Waals surface area (Å²) < 4.78 is 0. The van der Waals surface area contributed by atoms with Crippen LogP contribution in [-0.4, -0.2) is 12.0 Å². The summed E-state index contributed by atoms with van der Waals surface area (Å²) in [5, 5.41) is 0. The van der Waals surface area contributed by atoms with Crippen LogP contribution in [0.4, 0.5) is 5.69 Å². The van der Waals surface area contributed by atoms with Gasteiger partial charge >= 0.3 is 0 Å². The van der Waals surface area contributed by atoms with Crippen LogP contribution in [0.15, 0.2) is 23.2 Å². The van der Waals surface area contributed by atoms with Crippen LogP contribution in [0, 0.1) is 0 Å². The Kier molecular flexibility index (Phi) is 2.20. The average molecular weight is 187 g/mol. The molecule has 1 aliphatic rings. The van der Waals surface area contributed by atoms with Crippen LogP contribution < -0.4 is 0 Å². The van der Waals surface area contributed by atoms with Gasteiger partial charge in [-0.15, -0.1) is 0 Å². The number of carbonyl (C=O) groups excluding carboxylic acids is 1. The molecular weight excluding hydrogens is 174 g/mol. The Balaban J connectivity index is 2.63. The van der Waals surface area contributed by atoms with Gasteiger partial charge in [-0.05, 0) is 17.5 Å². The van der Waals surface area contributed by atoms with Crippen molar-refractivity contribution in [2.45, 2.75) is 26.2 Å². The summed E-state index contributed by atoms with van der Waals surface area (Å²) in [7, 11) is 0. The minimum Gasteiger partial charge on any atom is -0.294 e. The van der Waals surface area contributed by atoms with Gasteiger partial charge in [0, 0.05) is 18.2 Å².